The van der Waals surface area contributed by atoms with Crippen LogP contribution in [0.2, 0.25) is 0 Å². The van der Waals surface area contributed by atoms with Crippen molar-refractivity contribution in [2.24, 2.45) is 5.92 Å². The van der Waals surface area contributed by atoms with Crippen LogP contribution in [0.5, 0.6) is 0 Å². The first-order valence-electron chi connectivity index (χ1n) is 6.33. The van der Waals surface area contributed by atoms with E-state index in [1.54, 1.807) is 0 Å². The van der Waals surface area contributed by atoms with Crippen LogP contribution in [0, 0.1) is 5.92 Å². The zero-order chi connectivity index (χ0) is 10.7. The normalized spacial score (nSPS) is 31.8. The Hall–Kier alpha value is -0.730. The highest BCUT2D eigenvalue weighted by molar-refractivity contribution is 5.74. The van der Waals surface area contributed by atoms with Gasteiger partial charge in [0.05, 0.1) is 0 Å². The van der Waals surface area contributed by atoms with Gasteiger partial charge < -0.3 is 10.6 Å². The highest BCUT2D eigenvalue weighted by Crippen LogP contribution is 2.24. The molecule has 0 saturated heterocycles. The van der Waals surface area contributed by atoms with Gasteiger partial charge in [0.25, 0.3) is 0 Å². The molecule has 0 bridgehead atoms. The fourth-order valence-electron chi connectivity index (χ4n) is 2.48. The molecule has 0 aliphatic heterocycles. The second-order valence-electron chi connectivity index (χ2n) is 5.11. The molecular weight excluding hydrogens is 188 g/mol. The standard InChI is InChI=1S/C12H22N2O/c1-9-5-2-3-8-11(9)14-12(15)13-10-6-4-7-10/h9-11H,2-8H2,1H3,(H2,13,14,15). The molecule has 0 aromatic carbocycles. The molecule has 2 amide bonds. The summed E-state index contributed by atoms with van der Waals surface area (Å²) in [5, 5.41) is 6.15. The predicted molar refractivity (Wildman–Crippen MR) is 60.7 cm³/mol. The van der Waals surface area contributed by atoms with E-state index < -0.39 is 0 Å². The van der Waals surface area contributed by atoms with Crippen LogP contribution in [0.25, 0.3) is 0 Å². The molecule has 2 saturated carbocycles. The number of amides is 2. The van der Waals surface area contributed by atoms with Crippen molar-refractivity contribution in [1.29, 1.82) is 0 Å². The molecule has 2 unspecified atom stereocenters. The van der Waals surface area contributed by atoms with E-state index >= 15 is 0 Å². The topological polar surface area (TPSA) is 41.1 Å². The number of rotatable bonds is 2. The molecule has 3 heteroatoms. The zero-order valence-corrected chi connectivity index (χ0v) is 9.59. The van der Waals surface area contributed by atoms with E-state index in [0.717, 1.165) is 19.3 Å². The maximum Gasteiger partial charge on any atom is 0.315 e. The number of carbonyl (C=O) groups is 1. The lowest BCUT2D eigenvalue weighted by Crippen LogP contribution is -2.50. The van der Waals surface area contributed by atoms with Crippen molar-refractivity contribution in [2.45, 2.75) is 64.0 Å². The number of carbonyl (C=O) groups excluding carboxylic acids is 1. The van der Waals surface area contributed by atoms with Gasteiger partial charge in [-0.2, -0.15) is 0 Å². The van der Waals surface area contributed by atoms with E-state index in [-0.39, 0.29) is 6.03 Å². The molecule has 86 valence electrons. The smallest absolute Gasteiger partial charge is 0.315 e. The Kier molecular flexibility index (Phi) is 3.49. The van der Waals surface area contributed by atoms with Crippen molar-refractivity contribution in [3.63, 3.8) is 0 Å². The third kappa shape index (κ3) is 2.86. The molecular formula is C12H22N2O. The van der Waals surface area contributed by atoms with Gasteiger partial charge >= 0.3 is 6.03 Å². The average Bonchev–Trinajstić information content (AvgIpc) is 2.16. The highest BCUT2D eigenvalue weighted by atomic mass is 16.2. The first kappa shape index (κ1) is 10.8. The summed E-state index contributed by atoms with van der Waals surface area (Å²) in [6, 6.07) is 0.904. The van der Waals surface area contributed by atoms with Gasteiger partial charge in [-0.3, -0.25) is 0 Å². The molecule has 0 aromatic rings. The van der Waals surface area contributed by atoms with E-state index in [0.29, 0.717) is 18.0 Å². The van der Waals surface area contributed by atoms with Crippen LogP contribution in [-0.2, 0) is 0 Å². The first-order valence-corrected chi connectivity index (χ1v) is 6.33. The second kappa shape index (κ2) is 4.86. The third-order valence-electron chi connectivity index (χ3n) is 3.87. The van der Waals surface area contributed by atoms with Crippen molar-refractivity contribution >= 4 is 6.03 Å². The Morgan fingerprint density at radius 1 is 1.00 bits per heavy atom. The molecule has 2 aliphatic rings. The van der Waals surface area contributed by atoms with Crippen LogP contribution < -0.4 is 10.6 Å². The lowest BCUT2D eigenvalue weighted by molar-refractivity contribution is 0.211. The molecule has 3 nitrogen and oxygen atoms in total. The summed E-state index contributed by atoms with van der Waals surface area (Å²) in [6.45, 7) is 2.24. The zero-order valence-electron chi connectivity index (χ0n) is 9.59. The number of hydrogen-bond donors (Lipinski definition) is 2. The minimum atomic E-state index is 0.0541. The maximum atomic E-state index is 11.6. The number of hydrogen-bond acceptors (Lipinski definition) is 1. The van der Waals surface area contributed by atoms with Crippen molar-refractivity contribution in [3.8, 4) is 0 Å². The van der Waals surface area contributed by atoms with Gasteiger partial charge in [-0.05, 0) is 38.0 Å². The summed E-state index contributed by atoms with van der Waals surface area (Å²) < 4.78 is 0. The molecule has 2 atom stereocenters. The fourth-order valence-corrected chi connectivity index (χ4v) is 2.48. The second-order valence-corrected chi connectivity index (χ2v) is 5.11. The van der Waals surface area contributed by atoms with Crippen molar-refractivity contribution in [2.75, 3.05) is 0 Å². The van der Waals surface area contributed by atoms with Crippen LogP contribution in [-0.4, -0.2) is 18.1 Å². The van der Waals surface area contributed by atoms with Crippen LogP contribution in [0.1, 0.15) is 51.9 Å². The fraction of sp³-hybridized carbons (Fsp3) is 0.917. The summed E-state index contributed by atoms with van der Waals surface area (Å²) in [6.07, 6.45) is 8.59. The maximum absolute atomic E-state index is 11.6. The summed E-state index contributed by atoms with van der Waals surface area (Å²) in [5.74, 6) is 0.644. The minimum Gasteiger partial charge on any atom is -0.335 e. The van der Waals surface area contributed by atoms with Gasteiger partial charge in [0.15, 0.2) is 0 Å². The Morgan fingerprint density at radius 2 is 1.73 bits per heavy atom. The largest absolute Gasteiger partial charge is 0.335 e. The quantitative estimate of drug-likeness (QED) is 0.722. The van der Waals surface area contributed by atoms with Crippen LogP contribution in [0.3, 0.4) is 0 Å². The molecule has 15 heavy (non-hydrogen) atoms. The average molecular weight is 210 g/mol. The molecule has 0 spiro atoms. The van der Waals surface area contributed by atoms with Crippen molar-refractivity contribution in [1.82, 2.24) is 10.6 Å². The summed E-state index contributed by atoms with van der Waals surface area (Å²) in [4.78, 5) is 11.6. The number of nitrogens with one attached hydrogen (secondary N) is 2. The molecule has 2 aliphatic carbocycles. The molecule has 0 heterocycles. The van der Waals surface area contributed by atoms with Gasteiger partial charge in [0.2, 0.25) is 0 Å². The van der Waals surface area contributed by atoms with Crippen molar-refractivity contribution < 1.29 is 4.79 Å². The van der Waals surface area contributed by atoms with Gasteiger partial charge in [-0.15, -0.1) is 0 Å². The van der Waals surface area contributed by atoms with Crippen molar-refractivity contribution in [3.05, 3.63) is 0 Å². The molecule has 2 N–H and O–H groups in total. The van der Waals surface area contributed by atoms with Crippen LogP contribution in [0.4, 0.5) is 4.79 Å². The SMILES string of the molecule is CC1CCCCC1NC(=O)NC1CCC1. The molecule has 0 aromatic heterocycles. The summed E-state index contributed by atoms with van der Waals surface area (Å²) in [5.41, 5.74) is 0. The van der Waals surface area contributed by atoms with E-state index in [4.69, 9.17) is 0 Å². The monoisotopic (exact) mass is 210 g/mol. The minimum absolute atomic E-state index is 0.0541. The van der Waals surface area contributed by atoms with Gasteiger partial charge in [-0.25, -0.2) is 4.79 Å². The van der Waals surface area contributed by atoms with E-state index in [1.165, 1.54) is 25.7 Å². The molecule has 0 radical (unpaired) electrons. The Morgan fingerprint density at radius 3 is 2.33 bits per heavy atom. The van der Waals surface area contributed by atoms with E-state index in [1.807, 2.05) is 0 Å². The third-order valence-corrected chi connectivity index (χ3v) is 3.87. The summed E-state index contributed by atoms with van der Waals surface area (Å²) in [7, 11) is 0. The van der Waals surface area contributed by atoms with Gasteiger partial charge in [-0.1, -0.05) is 19.8 Å². The van der Waals surface area contributed by atoms with Gasteiger partial charge in [0, 0.05) is 12.1 Å². The molecule has 2 rings (SSSR count). The van der Waals surface area contributed by atoms with E-state index in [2.05, 4.69) is 17.6 Å². The lowest BCUT2D eigenvalue weighted by Gasteiger charge is -2.32. The van der Waals surface area contributed by atoms with Crippen LogP contribution >= 0.6 is 0 Å². The lowest BCUT2D eigenvalue weighted by atomic mass is 9.86. The summed E-state index contributed by atoms with van der Waals surface area (Å²) >= 11 is 0. The van der Waals surface area contributed by atoms with E-state index in [9.17, 15) is 4.79 Å². The predicted octanol–water partition coefficient (Wildman–Crippen LogP) is 2.42. The van der Waals surface area contributed by atoms with Crippen LogP contribution in [0.15, 0.2) is 0 Å². The number of urea groups is 1. The Labute approximate surface area is 92.0 Å². The van der Waals surface area contributed by atoms with Gasteiger partial charge in [0.1, 0.15) is 0 Å². The molecule has 2 fully saturated rings. The Balaban J connectivity index is 1.71. The first-order chi connectivity index (χ1) is 7.25. The highest BCUT2D eigenvalue weighted by Gasteiger charge is 2.25. The Bertz CT molecular complexity index is 226.